The van der Waals surface area contributed by atoms with Gasteiger partial charge < -0.3 is 5.11 Å². The molecule has 5 heteroatoms. The Morgan fingerprint density at radius 2 is 1.80 bits per heavy atom. The van der Waals surface area contributed by atoms with Crippen LogP contribution in [-0.4, -0.2) is 19.3 Å². The fourth-order valence-corrected chi connectivity index (χ4v) is 5.34. The first-order valence-electron chi connectivity index (χ1n) is 6.91. The average molecular weight is 291 g/mol. The Bertz CT molecular complexity index is 683. The Balaban J connectivity index is 2.24. The highest BCUT2D eigenvalue weighted by molar-refractivity contribution is 7.91. The summed E-state index contributed by atoms with van der Waals surface area (Å²) in [6.07, 6.45) is 3.19. The summed E-state index contributed by atoms with van der Waals surface area (Å²) in [6.45, 7) is 0. The summed E-state index contributed by atoms with van der Waals surface area (Å²) in [7, 11) is -3.35. The van der Waals surface area contributed by atoms with Gasteiger partial charge in [-0.3, -0.25) is 0 Å². The van der Waals surface area contributed by atoms with Crippen LogP contribution in [0.25, 0.3) is 0 Å². The van der Waals surface area contributed by atoms with E-state index in [4.69, 9.17) is 0 Å². The molecule has 1 aromatic rings. The van der Waals surface area contributed by atoms with Crippen LogP contribution in [0.3, 0.4) is 0 Å². The number of hydrogen-bond acceptors (Lipinski definition) is 4. The molecule has 0 amide bonds. The predicted octanol–water partition coefficient (Wildman–Crippen LogP) is 2.14. The molecule has 2 aliphatic rings. The van der Waals surface area contributed by atoms with Crippen LogP contribution in [0.5, 0.6) is 0 Å². The second kappa shape index (κ2) is 4.31. The van der Waals surface area contributed by atoms with Gasteiger partial charge >= 0.3 is 0 Å². The maximum Gasteiger partial charge on any atom is 0.178 e. The van der Waals surface area contributed by atoms with Crippen molar-refractivity contribution < 1.29 is 13.5 Å². The van der Waals surface area contributed by atoms with Crippen molar-refractivity contribution in [2.75, 3.05) is 5.75 Å². The third-order valence-electron chi connectivity index (χ3n) is 4.86. The van der Waals surface area contributed by atoms with Gasteiger partial charge in [0.25, 0.3) is 0 Å². The number of hydrogen-bond donors (Lipinski definition) is 1. The van der Waals surface area contributed by atoms with Crippen LogP contribution in [0.2, 0.25) is 0 Å². The van der Waals surface area contributed by atoms with Crippen molar-refractivity contribution in [1.29, 1.82) is 5.26 Å². The molecule has 1 saturated carbocycles. The van der Waals surface area contributed by atoms with Gasteiger partial charge in [0.05, 0.1) is 22.1 Å². The molecule has 4 nitrogen and oxygen atoms in total. The van der Waals surface area contributed by atoms with E-state index in [-0.39, 0.29) is 17.1 Å². The van der Waals surface area contributed by atoms with E-state index < -0.39 is 20.9 Å². The highest BCUT2D eigenvalue weighted by Gasteiger charge is 2.56. The first kappa shape index (κ1) is 13.6. The summed E-state index contributed by atoms with van der Waals surface area (Å²) >= 11 is 0. The van der Waals surface area contributed by atoms with E-state index in [0.29, 0.717) is 18.4 Å². The van der Waals surface area contributed by atoms with Gasteiger partial charge in [-0.2, -0.15) is 5.26 Å². The molecule has 1 aliphatic carbocycles. The van der Waals surface area contributed by atoms with Crippen molar-refractivity contribution in [2.45, 2.75) is 42.6 Å². The Morgan fingerprint density at radius 3 is 2.45 bits per heavy atom. The SMILES string of the molecule is N#CC1(C2(O)CCS(=O)(=O)c3ccccc32)CCCC1. The topological polar surface area (TPSA) is 78.2 Å². The maximum atomic E-state index is 12.2. The number of nitrogens with zero attached hydrogens (tertiary/aromatic N) is 1. The van der Waals surface area contributed by atoms with Crippen LogP contribution < -0.4 is 0 Å². The lowest BCUT2D eigenvalue weighted by atomic mass is 9.66. The molecule has 3 rings (SSSR count). The van der Waals surface area contributed by atoms with E-state index in [9.17, 15) is 18.8 Å². The van der Waals surface area contributed by atoms with Gasteiger partial charge in [-0.25, -0.2) is 8.42 Å². The summed E-state index contributed by atoms with van der Waals surface area (Å²) < 4.78 is 24.3. The van der Waals surface area contributed by atoms with Crippen LogP contribution in [0, 0.1) is 16.7 Å². The summed E-state index contributed by atoms with van der Waals surface area (Å²) in [6, 6.07) is 8.89. The average Bonchev–Trinajstić information content (AvgIpc) is 2.94. The van der Waals surface area contributed by atoms with Gasteiger partial charge in [0.15, 0.2) is 9.84 Å². The molecule has 1 unspecified atom stereocenters. The number of benzene rings is 1. The highest BCUT2D eigenvalue weighted by Crippen LogP contribution is 2.55. The van der Waals surface area contributed by atoms with Crippen molar-refractivity contribution in [2.24, 2.45) is 5.41 Å². The number of rotatable bonds is 1. The van der Waals surface area contributed by atoms with Crippen molar-refractivity contribution in [3.63, 3.8) is 0 Å². The largest absolute Gasteiger partial charge is 0.383 e. The first-order valence-corrected chi connectivity index (χ1v) is 8.56. The number of nitriles is 1. The molecule has 0 bridgehead atoms. The Morgan fingerprint density at radius 1 is 1.15 bits per heavy atom. The van der Waals surface area contributed by atoms with Crippen molar-refractivity contribution in [3.8, 4) is 6.07 Å². The molecule has 0 saturated heterocycles. The van der Waals surface area contributed by atoms with Gasteiger partial charge in [0.1, 0.15) is 5.60 Å². The Labute approximate surface area is 119 Å². The molecule has 0 radical (unpaired) electrons. The van der Waals surface area contributed by atoms with Gasteiger partial charge in [-0.1, -0.05) is 31.0 Å². The van der Waals surface area contributed by atoms with Gasteiger partial charge in [0, 0.05) is 5.56 Å². The molecule has 1 atom stereocenters. The van der Waals surface area contributed by atoms with Gasteiger partial charge in [0.2, 0.25) is 0 Å². The molecule has 0 aromatic heterocycles. The van der Waals surface area contributed by atoms with Crippen molar-refractivity contribution in [3.05, 3.63) is 29.8 Å². The van der Waals surface area contributed by atoms with Gasteiger partial charge in [-0.05, 0) is 25.3 Å². The lowest BCUT2D eigenvalue weighted by Gasteiger charge is -2.44. The molecule has 106 valence electrons. The zero-order valence-electron chi connectivity index (χ0n) is 11.2. The van der Waals surface area contributed by atoms with Crippen LogP contribution >= 0.6 is 0 Å². The van der Waals surface area contributed by atoms with E-state index in [2.05, 4.69) is 6.07 Å². The molecule has 1 fully saturated rings. The standard InChI is InChI=1S/C15H17NO3S/c16-11-14(7-3-4-8-14)15(17)9-10-20(18,19)13-6-2-1-5-12(13)15/h1-2,5-6,17H,3-4,7-10H2. The zero-order chi connectivity index (χ0) is 14.4. The van der Waals surface area contributed by atoms with Crippen LogP contribution in [-0.2, 0) is 15.4 Å². The second-order valence-corrected chi connectivity index (χ2v) is 7.90. The first-order chi connectivity index (χ1) is 9.45. The molecule has 1 N–H and O–H groups in total. The summed E-state index contributed by atoms with van der Waals surface area (Å²) in [4.78, 5) is 0.190. The summed E-state index contributed by atoms with van der Waals surface area (Å²) in [5, 5.41) is 20.8. The molecule has 20 heavy (non-hydrogen) atoms. The number of aliphatic hydroxyl groups is 1. The second-order valence-electron chi connectivity index (χ2n) is 5.83. The smallest absolute Gasteiger partial charge is 0.178 e. The third kappa shape index (κ3) is 1.65. The number of sulfone groups is 1. The molecular formula is C15H17NO3S. The summed E-state index contributed by atoms with van der Waals surface area (Å²) in [5.74, 6) is -0.0933. The van der Waals surface area contributed by atoms with E-state index in [1.54, 1.807) is 18.2 Å². The lowest BCUT2D eigenvalue weighted by molar-refractivity contribution is -0.0661. The molecule has 1 heterocycles. The van der Waals surface area contributed by atoms with E-state index >= 15 is 0 Å². The Hall–Kier alpha value is -1.38. The van der Waals surface area contributed by atoms with Crippen molar-refractivity contribution >= 4 is 9.84 Å². The van der Waals surface area contributed by atoms with Crippen LogP contribution in [0.4, 0.5) is 0 Å². The predicted molar refractivity (Wildman–Crippen MR) is 73.5 cm³/mol. The minimum Gasteiger partial charge on any atom is -0.383 e. The van der Waals surface area contributed by atoms with E-state index in [0.717, 1.165) is 12.8 Å². The van der Waals surface area contributed by atoms with Crippen LogP contribution in [0.15, 0.2) is 29.2 Å². The minimum atomic E-state index is -3.35. The maximum absolute atomic E-state index is 12.2. The normalized spacial score (nSPS) is 30.4. The fourth-order valence-electron chi connectivity index (χ4n) is 3.70. The van der Waals surface area contributed by atoms with Crippen molar-refractivity contribution in [1.82, 2.24) is 0 Å². The number of fused-ring (bicyclic) bond motifs is 1. The minimum absolute atomic E-state index is 0.0933. The highest BCUT2D eigenvalue weighted by atomic mass is 32.2. The van der Waals surface area contributed by atoms with E-state index in [1.807, 2.05) is 0 Å². The molecule has 1 aliphatic heterocycles. The van der Waals surface area contributed by atoms with Crippen LogP contribution in [0.1, 0.15) is 37.7 Å². The fraction of sp³-hybridized carbons (Fsp3) is 0.533. The van der Waals surface area contributed by atoms with Gasteiger partial charge in [-0.15, -0.1) is 0 Å². The third-order valence-corrected chi connectivity index (χ3v) is 6.63. The molecule has 0 spiro atoms. The monoisotopic (exact) mass is 291 g/mol. The molecule has 1 aromatic carbocycles. The Kier molecular flexibility index (Phi) is 2.93. The lowest BCUT2D eigenvalue weighted by Crippen LogP contribution is -2.47. The van der Waals surface area contributed by atoms with E-state index in [1.165, 1.54) is 6.07 Å². The summed E-state index contributed by atoms with van der Waals surface area (Å²) in [5.41, 5.74) is -1.78. The quantitative estimate of drug-likeness (QED) is 0.859. The zero-order valence-corrected chi connectivity index (χ0v) is 12.0. The molecular weight excluding hydrogens is 274 g/mol.